The second kappa shape index (κ2) is 9.16. The van der Waals surface area contributed by atoms with E-state index in [1.165, 1.54) is 0 Å². The van der Waals surface area contributed by atoms with Gasteiger partial charge in [0.25, 0.3) is 0 Å². The maximum Gasteiger partial charge on any atom is 0.352 e. The fourth-order valence-electron chi connectivity index (χ4n) is 4.12. The van der Waals surface area contributed by atoms with Gasteiger partial charge in [-0.25, -0.2) is 4.79 Å². The molecule has 1 N–H and O–H groups in total. The Labute approximate surface area is 190 Å². The Hall–Kier alpha value is -2.76. The van der Waals surface area contributed by atoms with E-state index in [1.807, 2.05) is 47.9 Å². The number of aromatic carboxylic acids is 1. The number of rotatable bonds is 6. The van der Waals surface area contributed by atoms with E-state index < -0.39 is 5.97 Å². The number of benzene rings is 2. The van der Waals surface area contributed by atoms with Gasteiger partial charge in [-0.1, -0.05) is 64.8 Å². The third kappa shape index (κ3) is 4.48. The molecule has 0 radical (unpaired) electrons. The van der Waals surface area contributed by atoms with Crippen molar-refractivity contribution in [3.8, 4) is 0 Å². The Morgan fingerprint density at radius 3 is 2.58 bits per heavy atom. The molecule has 0 saturated heterocycles. The van der Waals surface area contributed by atoms with Gasteiger partial charge >= 0.3 is 5.97 Å². The molecule has 2 aromatic carbocycles. The molecule has 0 atom stereocenters. The summed E-state index contributed by atoms with van der Waals surface area (Å²) in [6.07, 6.45) is 2.41. The van der Waals surface area contributed by atoms with Gasteiger partial charge in [-0.15, -0.1) is 0 Å². The molecular weight excluding hydrogens is 435 g/mol. The summed E-state index contributed by atoms with van der Waals surface area (Å²) in [5, 5.41) is 15.3. The van der Waals surface area contributed by atoms with Crippen LogP contribution in [-0.2, 0) is 24.4 Å². The van der Waals surface area contributed by atoms with Crippen LogP contribution in [0.15, 0.2) is 53.7 Å². The summed E-state index contributed by atoms with van der Waals surface area (Å²) in [7, 11) is 0. The van der Waals surface area contributed by atoms with Gasteiger partial charge in [-0.2, -0.15) is 0 Å². The minimum atomic E-state index is -0.962. The second-order valence-electron chi connectivity index (χ2n) is 7.59. The number of halogens is 2. The van der Waals surface area contributed by atoms with Gasteiger partial charge < -0.3 is 14.5 Å². The Morgan fingerprint density at radius 2 is 1.87 bits per heavy atom. The maximum atomic E-state index is 12.1. The van der Waals surface area contributed by atoms with Gasteiger partial charge in [0, 0.05) is 17.8 Å². The van der Waals surface area contributed by atoms with Crippen LogP contribution in [0.25, 0.3) is 0 Å². The maximum absolute atomic E-state index is 12.1. The van der Waals surface area contributed by atoms with E-state index in [0.717, 1.165) is 47.4 Å². The third-order valence-corrected chi connectivity index (χ3v) is 6.25. The molecular formula is C24H22Cl2N2O3. The molecule has 0 unspecified atom stereocenters. The SMILES string of the molecule is Cc1c2c(n(Cc3ccc(Cl)c(Cl)c3)c1C(=O)O)CCC/C2=N/OCc1ccccc1. The molecule has 3 aromatic rings. The fraction of sp³-hybridized carbons (Fsp3) is 0.250. The Balaban J connectivity index is 1.69. The van der Waals surface area contributed by atoms with E-state index in [0.29, 0.717) is 28.8 Å². The largest absolute Gasteiger partial charge is 0.477 e. The number of hydrogen-bond acceptors (Lipinski definition) is 3. The summed E-state index contributed by atoms with van der Waals surface area (Å²) in [6, 6.07) is 15.2. The van der Waals surface area contributed by atoms with Crippen LogP contribution in [0.3, 0.4) is 0 Å². The minimum absolute atomic E-state index is 0.272. The quantitative estimate of drug-likeness (QED) is 0.455. The molecule has 31 heavy (non-hydrogen) atoms. The Bertz CT molecular complexity index is 1150. The van der Waals surface area contributed by atoms with E-state index in [-0.39, 0.29) is 5.69 Å². The highest BCUT2D eigenvalue weighted by molar-refractivity contribution is 6.42. The van der Waals surface area contributed by atoms with Crippen LogP contribution in [0.1, 0.15) is 51.3 Å². The number of oxime groups is 1. The molecule has 0 aliphatic heterocycles. The normalized spacial score (nSPS) is 14.5. The fourth-order valence-corrected chi connectivity index (χ4v) is 4.44. The summed E-state index contributed by atoms with van der Waals surface area (Å²) in [5.74, 6) is -0.962. The first-order valence-electron chi connectivity index (χ1n) is 10.1. The summed E-state index contributed by atoms with van der Waals surface area (Å²) in [5.41, 5.74) is 5.55. The number of carboxylic acids is 1. The molecule has 1 aliphatic carbocycles. The molecule has 160 valence electrons. The molecule has 0 amide bonds. The van der Waals surface area contributed by atoms with E-state index in [2.05, 4.69) is 5.16 Å². The van der Waals surface area contributed by atoms with E-state index in [9.17, 15) is 9.90 Å². The summed E-state index contributed by atoms with van der Waals surface area (Å²) >= 11 is 12.2. The first-order chi connectivity index (χ1) is 15.0. The zero-order valence-corrected chi connectivity index (χ0v) is 18.6. The summed E-state index contributed by atoms with van der Waals surface area (Å²) in [6.45, 7) is 2.60. The second-order valence-corrected chi connectivity index (χ2v) is 8.40. The van der Waals surface area contributed by atoms with E-state index >= 15 is 0 Å². The average molecular weight is 457 g/mol. The molecule has 1 heterocycles. The van der Waals surface area contributed by atoms with Crippen molar-refractivity contribution in [2.45, 2.75) is 39.3 Å². The average Bonchev–Trinajstić information content (AvgIpc) is 3.04. The summed E-state index contributed by atoms with van der Waals surface area (Å²) in [4.78, 5) is 17.8. The van der Waals surface area contributed by atoms with Crippen LogP contribution >= 0.6 is 23.2 Å². The molecule has 1 aromatic heterocycles. The lowest BCUT2D eigenvalue weighted by Crippen LogP contribution is -2.17. The predicted octanol–water partition coefficient (Wildman–Crippen LogP) is 6.11. The van der Waals surface area contributed by atoms with Crippen molar-refractivity contribution < 1.29 is 14.7 Å². The number of fused-ring (bicyclic) bond motifs is 1. The van der Waals surface area contributed by atoms with Crippen LogP contribution in [0.2, 0.25) is 10.0 Å². The van der Waals surface area contributed by atoms with E-state index in [4.69, 9.17) is 28.0 Å². The highest BCUT2D eigenvalue weighted by Crippen LogP contribution is 2.32. The molecule has 0 spiro atoms. The van der Waals surface area contributed by atoms with Crippen molar-refractivity contribution in [3.05, 3.63) is 92.2 Å². The zero-order valence-electron chi connectivity index (χ0n) is 17.1. The lowest BCUT2D eigenvalue weighted by molar-refractivity contribution is 0.0684. The van der Waals surface area contributed by atoms with Crippen molar-refractivity contribution in [3.63, 3.8) is 0 Å². The van der Waals surface area contributed by atoms with Crippen molar-refractivity contribution >= 4 is 34.9 Å². The van der Waals surface area contributed by atoms with Crippen LogP contribution in [0.4, 0.5) is 0 Å². The molecule has 7 heteroatoms. The van der Waals surface area contributed by atoms with Gasteiger partial charge in [0.1, 0.15) is 12.3 Å². The summed E-state index contributed by atoms with van der Waals surface area (Å²) < 4.78 is 1.86. The molecule has 4 rings (SSSR count). The van der Waals surface area contributed by atoms with Crippen molar-refractivity contribution in [2.24, 2.45) is 5.16 Å². The van der Waals surface area contributed by atoms with Gasteiger partial charge in [0.2, 0.25) is 0 Å². The van der Waals surface area contributed by atoms with Gasteiger partial charge in [0.05, 0.1) is 15.8 Å². The van der Waals surface area contributed by atoms with Gasteiger partial charge in [-0.05, 0) is 55.0 Å². The van der Waals surface area contributed by atoms with Crippen LogP contribution in [-0.4, -0.2) is 21.4 Å². The first kappa shape index (κ1) is 21.5. The molecule has 0 bridgehead atoms. The highest BCUT2D eigenvalue weighted by Gasteiger charge is 2.29. The Kier molecular flexibility index (Phi) is 6.35. The van der Waals surface area contributed by atoms with Crippen molar-refractivity contribution in [1.82, 2.24) is 4.57 Å². The first-order valence-corrected chi connectivity index (χ1v) is 10.8. The molecule has 0 fully saturated rings. The topological polar surface area (TPSA) is 63.8 Å². The minimum Gasteiger partial charge on any atom is -0.477 e. The van der Waals surface area contributed by atoms with Crippen LogP contribution in [0, 0.1) is 6.92 Å². The lowest BCUT2D eigenvalue weighted by atomic mass is 9.93. The lowest BCUT2D eigenvalue weighted by Gasteiger charge is -2.18. The van der Waals surface area contributed by atoms with Gasteiger partial charge in [0.15, 0.2) is 0 Å². The monoisotopic (exact) mass is 456 g/mol. The standard InChI is InChI=1S/C24H22Cl2N2O3/c1-15-22-20(27-31-14-16-6-3-2-4-7-16)8-5-9-21(22)28(23(15)24(29)30)13-17-10-11-18(25)19(26)12-17/h2-4,6-7,10-12H,5,8-9,13-14H2,1H3,(H,29,30)/b27-20-. The number of carboxylic acid groups (broad SMARTS) is 1. The van der Waals surface area contributed by atoms with E-state index in [1.54, 1.807) is 12.1 Å². The van der Waals surface area contributed by atoms with Crippen molar-refractivity contribution in [1.29, 1.82) is 0 Å². The predicted molar refractivity (Wildman–Crippen MR) is 122 cm³/mol. The van der Waals surface area contributed by atoms with Crippen LogP contribution in [0.5, 0.6) is 0 Å². The number of hydrogen-bond donors (Lipinski definition) is 1. The van der Waals surface area contributed by atoms with Crippen molar-refractivity contribution in [2.75, 3.05) is 0 Å². The number of nitrogens with zero attached hydrogens (tertiary/aromatic N) is 2. The highest BCUT2D eigenvalue weighted by atomic mass is 35.5. The third-order valence-electron chi connectivity index (χ3n) is 5.51. The molecule has 0 saturated carbocycles. The molecule has 5 nitrogen and oxygen atoms in total. The van der Waals surface area contributed by atoms with Gasteiger partial charge in [-0.3, -0.25) is 0 Å². The van der Waals surface area contributed by atoms with Crippen LogP contribution < -0.4 is 0 Å². The number of aromatic nitrogens is 1. The Morgan fingerprint density at radius 1 is 1.10 bits per heavy atom. The number of carbonyl (C=O) groups is 1. The molecule has 1 aliphatic rings. The zero-order chi connectivity index (χ0) is 22.0. The smallest absolute Gasteiger partial charge is 0.352 e.